The van der Waals surface area contributed by atoms with Gasteiger partial charge in [0.05, 0.1) is 13.2 Å². The van der Waals surface area contributed by atoms with E-state index in [9.17, 15) is 4.57 Å². The highest BCUT2D eigenvalue weighted by Crippen LogP contribution is 2.24. The van der Waals surface area contributed by atoms with E-state index in [2.05, 4.69) is 31.9 Å². The van der Waals surface area contributed by atoms with E-state index in [1.807, 2.05) is 0 Å². The second-order valence-corrected chi connectivity index (χ2v) is 8.23. The number of hydrogen-bond acceptors (Lipinski definition) is 3. The van der Waals surface area contributed by atoms with Gasteiger partial charge in [0.2, 0.25) is 0 Å². The minimum Gasteiger partial charge on any atom is -0.311 e. The lowest BCUT2D eigenvalue weighted by atomic mass is 10.1. The van der Waals surface area contributed by atoms with Crippen molar-refractivity contribution in [3.05, 3.63) is 0 Å². The second kappa shape index (κ2) is 20.2. The Labute approximate surface area is 154 Å². The Morgan fingerprint density at radius 3 is 1.23 bits per heavy atom. The fourth-order valence-corrected chi connectivity index (χ4v) is 3.66. The van der Waals surface area contributed by atoms with Crippen molar-refractivity contribution in [1.82, 2.24) is 0 Å². The summed E-state index contributed by atoms with van der Waals surface area (Å²) in [6.07, 6.45) is 14.5. The van der Waals surface area contributed by atoms with Crippen LogP contribution in [0.25, 0.3) is 0 Å². The van der Waals surface area contributed by atoms with Crippen molar-refractivity contribution in [3.63, 3.8) is 0 Å². The van der Waals surface area contributed by atoms with Gasteiger partial charge in [-0.2, -0.15) is 0 Å². The van der Waals surface area contributed by atoms with Crippen molar-refractivity contribution in [2.24, 2.45) is 0 Å². The van der Waals surface area contributed by atoms with Crippen LogP contribution in [0, 0.1) is 0 Å². The number of halogens is 2. The molecule has 0 atom stereocenters. The summed E-state index contributed by atoms with van der Waals surface area (Å²) in [7, 11) is -2.25. The van der Waals surface area contributed by atoms with Crippen molar-refractivity contribution in [2.75, 3.05) is 23.9 Å². The molecule has 0 fully saturated rings. The van der Waals surface area contributed by atoms with Crippen LogP contribution in [0.5, 0.6) is 0 Å². The van der Waals surface area contributed by atoms with Gasteiger partial charge >= 0.3 is 8.25 Å². The summed E-state index contributed by atoms with van der Waals surface area (Å²) < 4.78 is 22.0. The molecule has 0 rings (SSSR count). The van der Waals surface area contributed by atoms with Gasteiger partial charge < -0.3 is 9.05 Å². The Morgan fingerprint density at radius 2 is 0.864 bits per heavy atom. The molecule has 0 N–H and O–H groups in total. The molecule has 0 aromatic carbocycles. The average Bonchev–Trinajstić information content (AvgIpc) is 2.52. The first-order valence-electron chi connectivity index (χ1n) is 8.72. The van der Waals surface area contributed by atoms with Crippen LogP contribution in [0.4, 0.5) is 0 Å². The Balaban J connectivity index is 3.13. The summed E-state index contributed by atoms with van der Waals surface area (Å²) in [5.74, 6) is 0. The van der Waals surface area contributed by atoms with Crippen LogP contribution >= 0.6 is 40.1 Å². The molecule has 3 nitrogen and oxygen atoms in total. The first kappa shape index (κ1) is 23.1. The van der Waals surface area contributed by atoms with Gasteiger partial charge in [0.25, 0.3) is 0 Å². The highest BCUT2D eigenvalue weighted by atomic mass is 79.9. The van der Waals surface area contributed by atoms with Gasteiger partial charge in [0, 0.05) is 10.7 Å². The summed E-state index contributed by atoms with van der Waals surface area (Å²) in [5.41, 5.74) is 0. The summed E-state index contributed by atoms with van der Waals surface area (Å²) in [6.45, 7) is 1.14. The lowest BCUT2D eigenvalue weighted by Crippen LogP contribution is -1.92. The van der Waals surface area contributed by atoms with E-state index >= 15 is 0 Å². The maximum atomic E-state index is 11.5. The van der Waals surface area contributed by atoms with E-state index < -0.39 is 8.25 Å². The van der Waals surface area contributed by atoms with E-state index in [-0.39, 0.29) is 0 Å². The minimum absolute atomic E-state index is 0.572. The Kier molecular flexibility index (Phi) is 21.2. The van der Waals surface area contributed by atoms with Gasteiger partial charge in [0.15, 0.2) is 0 Å². The SMILES string of the molecule is O=[PH](OCCCCCCCCBr)OCCCCCCCCBr. The fourth-order valence-electron chi connectivity index (χ4n) is 2.16. The maximum absolute atomic E-state index is 11.5. The van der Waals surface area contributed by atoms with Crippen molar-refractivity contribution in [3.8, 4) is 0 Å². The van der Waals surface area contributed by atoms with Crippen molar-refractivity contribution >= 4 is 40.1 Å². The first-order chi connectivity index (χ1) is 10.8. The minimum atomic E-state index is -2.25. The van der Waals surface area contributed by atoms with E-state index in [1.54, 1.807) is 0 Å². The normalized spacial score (nSPS) is 11.4. The zero-order valence-corrected chi connectivity index (χ0v) is 18.0. The van der Waals surface area contributed by atoms with Gasteiger partial charge in [-0.3, -0.25) is 4.57 Å². The van der Waals surface area contributed by atoms with Crippen LogP contribution in [0.15, 0.2) is 0 Å². The molecule has 0 bridgehead atoms. The standard InChI is InChI=1S/C16H33Br2O3P/c17-13-9-5-1-3-7-11-15-20-22(19)21-16-12-8-4-2-6-10-14-18/h22H,1-16H2. The Morgan fingerprint density at radius 1 is 0.545 bits per heavy atom. The van der Waals surface area contributed by atoms with Crippen LogP contribution in [-0.4, -0.2) is 23.9 Å². The third-order valence-corrected chi connectivity index (χ3v) is 5.50. The average molecular weight is 464 g/mol. The van der Waals surface area contributed by atoms with Crippen LogP contribution in [-0.2, 0) is 13.6 Å². The Hall–Kier alpha value is 1.11. The first-order valence-corrected chi connectivity index (χ1v) is 12.2. The molecular formula is C16H33Br2O3P. The van der Waals surface area contributed by atoms with Crippen molar-refractivity contribution in [1.29, 1.82) is 0 Å². The second-order valence-electron chi connectivity index (χ2n) is 5.57. The molecule has 0 saturated carbocycles. The van der Waals surface area contributed by atoms with Gasteiger partial charge in [-0.05, 0) is 25.7 Å². The number of alkyl halides is 2. The van der Waals surface area contributed by atoms with E-state index in [0.717, 1.165) is 36.3 Å². The maximum Gasteiger partial charge on any atom is 0.319 e. The zero-order valence-electron chi connectivity index (χ0n) is 13.8. The third-order valence-electron chi connectivity index (χ3n) is 3.50. The highest BCUT2D eigenvalue weighted by Gasteiger charge is 2.00. The monoisotopic (exact) mass is 462 g/mol. The predicted molar refractivity (Wildman–Crippen MR) is 104 cm³/mol. The molecule has 0 aromatic rings. The number of hydrogen-bond donors (Lipinski definition) is 0. The van der Waals surface area contributed by atoms with Gasteiger partial charge in [0.1, 0.15) is 0 Å². The van der Waals surface area contributed by atoms with Crippen molar-refractivity contribution < 1.29 is 13.6 Å². The summed E-state index contributed by atoms with van der Waals surface area (Å²) in [4.78, 5) is 0. The molecule has 0 unspecified atom stereocenters. The molecule has 134 valence electrons. The molecular weight excluding hydrogens is 431 g/mol. The molecule has 0 radical (unpaired) electrons. The molecule has 6 heteroatoms. The summed E-state index contributed by atoms with van der Waals surface area (Å²) in [6, 6.07) is 0. The molecule has 0 amide bonds. The number of rotatable bonds is 18. The zero-order chi connectivity index (χ0) is 16.3. The number of unbranched alkanes of at least 4 members (excludes halogenated alkanes) is 10. The largest absolute Gasteiger partial charge is 0.319 e. The predicted octanol–water partition coefficient (Wildman–Crippen LogP) is 6.88. The molecule has 0 heterocycles. The molecule has 0 aliphatic carbocycles. The molecule has 0 saturated heterocycles. The van der Waals surface area contributed by atoms with Crippen LogP contribution in [0.3, 0.4) is 0 Å². The molecule has 0 aromatic heterocycles. The summed E-state index contributed by atoms with van der Waals surface area (Å²) >= 11 is 6.87. The van der Waals surface area contributed by atoms with Gasteiger partial charge in [-0.1, -0.05) is 83.2 Å². The quantitative estimate of drug-likeness (QED) is 0.126. The van der Waals surface area contributed by atoms with Crippen LogP contribution < -0.4 is 0 Å². The van der Waals surface area contributed by atoms with Gasteiger partial charge in [-0.25, -0.2) is 0 Å². The highest BCUT2D eigenvalue weighted by molar-refractivity contribution is 9.09. The molecule has 0 aliphatic rings. The van der Waals surface area contributed by atoms with Crippen molar-refractivity contribution in [2.45, 2.75) is 77.0 Å². The third kappa shape index (κ3) is 19.2. The van der Waals surface area contributed by atoms with Gasteiger partial charge in [-0.15, -0.1) is 0 Å². The van der Waals surface area contributed by atoms with Crippen LogP contribution in [0.2, 0.25) is 0 Å². The summed E-state index contributed by atoms with van der Waals surface area (Å²) in [5, 5.41) is 2.21. The lowest BCUT2D eigenvalue weighted by molar-refractivity contribution is 0.218. The van der Waals surface area contributed by atoms with E-state index in [0.29, 0.717) is 13.2 Å². The lowest BCUT2D eigenvalue weighted by Gasteiger charge is -2.06. The topological polar surface area (TPSA) is 35.5 Å². The van der Waals surface area contributed by atoms with E-state index in [1.165, 1.54) is 51.4 Å². The molecule has 0 spiro atoms. The molecule has 22 heavy (non-hydrogen) atoms. The smallest absolute Gasteiger partial charge is 0.311 e. The molecule has 0 aliphatic heterocycles. The van der Waals surface area contributed by atoms with Crippen LogP contribution in [0.1, 0.15) is 77.0 Å². The Bertz CT molecular complexity index is 221. The van der Waals surface area contributed by atoms with E-state index in [4.69, 9.17) is 9.05 Å². The fraction of sp³-hybridized carbons (Fsp3) is 1.00.